The molecule has 296 valence electrons. The van der Waals surface area contributed by atoms with Gasteiger partial charge in [0.15, 0.2) is 0 Å². The lowest BCUT2D eigenvalue weighted by molar-refractivity contribution is -0.144. The molecule has 1 aromatic rings. The summed E-state index contributed by atoms with van der Waals surface area (Å²) in [7, 11) is -2.52. The van der Waals surface area contributed by atoms with Crippen LogP contribution in [0, 0.1) is 28.6 Å². The number of benzene rings is 1. The smallest absolute Gasteiger partial charge is 0.315 e. The average Bonchev–Trinajstić information content (AvgIpc) is 3.76. The van der Waals surface area contributed by atoms with Gasteiger partial charge in [0.05, 0.1) is 10.9 Å². The van der Waals surface area contributed by atoms with Crippen LogP contribution in [0.1, 0.15) is 81.1 Å². The molecule has 13 nitrogen and oxygen atoms in total. The molecular formula is C38H59ClN6O7S. The second-order valence-electron chi connectivity index (χ2n) is 16.9. The quantitative estimate of drug-likeness (QED) is 0.144. The third-order valence-electron chi connectivity index (χ3n) is 10.1. The van der Waals surface area contributed by atoms with E-state index in [0.29, 0.717) is 12.8 Å². The van der Waals surface area contributed by atoms with E-state index in [4.69, 9.17) is 11.6 Å². The highest BCUT2D eigenvalue weighted by Gasteiger charge is 2.48. The van der Waals surface area contributed by atoms with E-state index >= 15 is 0 Å². The number of ketones is 1. The lowest BCUT2D eigenvalue weighted by Gasteiger charge is -2.38. The lowest BCUT2D eigenvalue weighted by Crippen LogP contribution is -2.62. The SMILES string of the molecule is C=CCNC(=O)C(=O)C(CC1CC1)NC(=O)[C@@H]1[C@@H](C(C)C)CCN1C(=O)[C@@H](NC(=O)N[C@H](CN(C)S(=O)(=O)c1cccc(Cl)c1)C(C)(C)C)C(C)(C)C. The van der Waals surface area contributed by atoms with Crippen LogP contribution in [0.4, 0.5) is 4.79 Å². The van der Waals surface area contributed by atoms with Crippen molar-refractivity contribution in [1.29, 1.82) is 0 Å². The van der Waals surface area contributed by atoms with Gasteiger partial charge in [0, 0.05) is 37.7 Å². The number of likely N-dealkylation sites (N-methyl/N-ethyl adjacent to an activating group) is 1. The van der Waals surface area contributed by atoms with E-state index in [2.05, 4.69) is 27.8 Å². The number of hydrogen-bond donors (Lipinski definition) is 4. The minimum absolute atomic E-state index is 0.00842. The summed E-state index contributed by atoms with van der Waals surface area (Å²) >= 11 is 6.06. The largest absolute Gasteiger partial charge is 0.346 e. The van der Waals surface area contributed by atoms with Gasteiger partial charge in [0.2, 0.25) is 27.6 Å². The number of Topliss-reactive ketones (excluding diaryl/α,β-unsaturated/α-hetero) is 1. The molecule has 4 N–H and O–H groups in total. The van der Waals surface area contributed by atoms with Crippen molar-refractivity contribution in [3.63, 3.8) is 0 Å². The third kappa shape index (κ3) is 11.7. The molecule has 1 heterocycles. The fourth-order valence-corrected chi connectivity index (χ4v) is 8.01. The van der Waals surface area contributed by atoms with Crippen LogP contribution in [0.3, 0.4) is 0 Å². The summed E-state index contributed by atoms with van der Waals surface area (Å²) in [5, 5.41) is 11.4. The van der Waals surface area contributed by atoms with Crippen molar-refractivity contribution in [2.75, 3.05) is 26.7 Å². The first-order valence-corrected chi connectivity index (χ1v) is 20.1. The molecule has 0 spiro atoms. The molecule has 1 aliphatic carbocycles. The van der Waals surface area contributed by atoms with Crippen molar-refractivity contribution in [3.05, 3.63) is 41.9 Å². The van der Waals surface area contributed by atoms with Crippen LogP contribution in [0.25, 0.3) is 0 Å². The Morgan fingerprint density at radius 3 is 2.17 bits per heavy atom. The summed E-state index contributed by atoms with van der Waals surface area (Å²) in [4.78, 5) is 69.6. The number of halogens is 1. The van der Waals surface area contributed by atoms with Crippen molar-refractivity contribution >= 4 is 51.2 Å². The maximum absolute atomic E-state index is 14.5. The first-order chi connectivity index (χ1) is 24.5. The number of carbonyl (C=O) groups excluding carboxylic acids is 5. The van der Waals surface area contributed by atoms with Gasteiger partial charge >= 0.3 is 6.03 Å². The second kappa shape index (κ2) is 17.8. The average molecular weight is 779 g/mol. The molecule has 1 aliphatic heterocycles. The molecule has 2 aliphatic rings. The summed E-state index contributed by atoms with van der Waals surface area (Å²) in [6.45, 7) is 18.8. The van der Waals surface area contributed by atoms with E-state index in [0.717, 1.165) is 17.1 Å². The number of carbonyl (C=O) groups is 5. The van der Waals surface area contributed by atoms with Crippen LogP contribution < -0.4 is 21.3 Å². The Bertz CT molecular complexity index is 1630. The molecule has 1 saturated heterocycles. The van der Waals surface area contributed by atoms with Crippen molar-refractivity contribution in [2.45, 2.75) is 110 Å². The molecule has 0 radical (unpaired) electrons. The highest BCUT2D eigenvalue weighted by atomic mass is 35.5. The van der Waals surface area contributed by atoms with E-state index in [1.165, 1.54) is 30.2 Å². The first-order valence-electron chi connectivity index (χ1n) is 18.3. The predicted molar refractivity (Wildman–Crippen MR) is 205 cm³/mol. The van der Waals surface area contributed by atoms with Gasteiger partial charge in [-0.1, -0.05) is 92.0 Å². The van der Waals surface area contributed by atoms with Gasteiger partial charge in [0.1, 0.15) is 12.1 Å². The zero-order valence-corrected chi connectivity index (χ0v) is 34.2. The van der Waals surface area contributed by atoms with E-state index in [1.807, 2.05) is 34.6 Å². The molecular weight excluding hydrogens is 720 g/mol. The molecule has 3 rings (SSSR count). The standard InChI is InChI=1S/C38H59ClN6O7S/c1-11-18-40-34(48)31(46)28(20-24-15-16-24)41-33(47)30-27(23(2)3)17-19-45(30)35(49)32(38(7,8)9)43-36(50)42-29(37(4,5)6)22-44(10)53(51,52)26-14-12-13-25(39)21-26/h11-14,21,23-24,27-30,32H,1,15-20,22H2,2-10H3,(H,40,48)(H,41,47)(H2,42,43,50)/t27-,28?,29-,30+,32-/m1/s1. The molecule has 1 unspecified atom stereocenters. The van der Waals surface area contributed by atoms with Crippen LogP contribution in [0.2, 0.25) is 5.02 Å². The summed E-state index contributed by atoms with van der Waals surface area (Å²) in [6, 6.07) is 1.53. The van der Waals surface area contributed by atoms with Gasteiger partial charge in [-0.15, -0.1) is 6.58 Å². The molecule has 1 aromatic carbocycles. The highest BCUT2D eigenvalue weighted by molar-refractivity contribution is 7.89. The van der Waals surface area contributed by atoms with E-state index in [-0.39, 0.29) is 47.3 Å². The molecule has 0 aromatic heterocycles. The zero-order valence-electron chi connectivity index (χ0n) is 32.6. The summed E-state index contributed by atoms with van der Waals surface area (Å²) < 4.78 is 27.9. The first kappa shape index (κ1) is 43.9. The van der Waals surface area contributed by atoms with Crippen molar-refractivity contribution in [3.8, 4) is 0 Å². The molecule has 5 atom stereocenters. The number of nitrogens with one attached hydrogen (secondary N) is 4. The molecule has 2 fully saturated rings. The second-order valence-corrected chi connectivity index (χ2v) is 19.3. The van der Waals surface area contributed by atoms with Crippen LogP contribution in [-0.2, 0) is 29.2 Å². The zero-order chi connectivity index (χ0) is 40.1. The van der Waals surface area contributed by atoms with E-state index in [9.17, 15) is 32.4 Å². The van der Waals surface area contributed by atoms with Crippen LogP contribution in [0.15, 0.2) is 41.8 Å². The number of nitrogens with zero attached hydrogens (tertiary/aromatic N) is 2. The van der Waals surface area contributed by atoms with Gasteiger partial charge in [-0.05, 0) is 59.6 Å². The van der Waals surface area contributed by atoms with Crippen molar-refractivity contribution < 1.29 is 32.4 Å². The monoisotopic (exact) mass is 778 g/mol. The minimum atomic E-state index is -3.95. The van der Waals surface area contributed by atoms with Crippen molar-refractivity contribution in [2.24, 2.45) is 28.6 Å². The van der Waals surface area contributed by atoms with Crippen molar-refractivity contribution in [1.82, 2.24) is 30.5 Å². The third-order valence-corrected chi connectivity index (χ3v) is 12.1. The van der Waals surface area contributed by atoms with Gasteiger partial charge in [-0.25, -0.2) is 13.2 Å². The van der Waals surface area contributed by atoms with Crippen LogP contribution >= 0.6 is 11.6 Å². The van der Waals surface area contributed by atoms with Gasteiger partial charge < -0.3 is 26.2 Å². The molecule has 5 amide bonds. The lowest BCUT2D eigenvalue weighted by atomic mass is 9.84. The van der Waals surface area contributed by atoms with Gasteiger partial charge in [-0.2, -0.15) is 4.31 Å². The van der Waals surface area contributed by atoms with Gasteiger partial charge in [0.25, 0.3) is 5.91 Å². The summed E-state index contributed by atoms with van der Waals surface area (Å²) in [6.07, 6.45) is 4.13. The fourth-order valence-electron chi connectivity index (χ4n) is 6.53. The highest BCUT2D eigenvalue weighted by Crippen LogP contribution is 2.36. The van der Waals surface area contributed by atoms with Crippen LogP contribution in [-0.4, -0.2) is 98.0 Å². The Morgan fingerprint density at radius 1 is 1.00 bits per heavy atom. The maximum Gasteiger partial charge on any atom is 0.315 e. The van der Waals surface area contributed by atoms with E-state index < -0.39 is 74.6 Å². The fraction of sp³-hybridized carbons (Fsp3) is 0.658. The predicted octanol–water partition coefficient (Wildman–Crippen LogP) is 4.12. The van der Waals surface area contributed by atoms with Crippen LogP contribution in [0.5, 0.6) is 0 Å². The number of amides is 5. The Labute approximate surface area is 320 Å². The minimum Gasteiger partial charge on any atom is -0.346 e. The number of likely N-dealkylation sites (tertiary alicyclic amines) is 1. The van der Waals surface area contributed by atoms with E-state index in [1.54, 1.807) is 32.9 Å². The Morgan fingerprint density at radius 2 is 1.64 bits per heavy atom. The normalized spacial score (nSPS) is 19.7. The number of urea groups is 1. The number of sulfonamides is 1. The van der Waals surface area contributed by atoms with Gasteiger partial charge in [-0.3, -0.25) is 19.2 Å². The Kier molecular flexibility index (Phi) is 14.7. The Hall–Kier alpha value is -3.49. The summed E-state index contributed by atoms with van der Waals surface area (Å²) in [5.74, 6) is -2.53. The molecule has 1 saturated carbocycles. The maximum atomic E-state index is 14.5. The topological polar surface area (TPSA) is 174 Å². The molecule has 0 bridgehead atoms. The molecule has 53 heavy (non-hydrogen) atoms. The number of hydrogen-bond acceptors (Lipinski definition) is 7. The Balaban J connectivity index is 1.84. The molecule has 15 heteroatoms. The number of rotatable bonds is 16. The summed E-state index contributed by atoms with van der Waals surface area (Å²) in [5.41, 5.74) is -1.40.